The van der Waals surface area contributed by atoms with Crippen LogP contribution < -0.4 is 0 Å². The molecule has 2 aromatic heterocycles. The van der Waals surface area contributed by atoms with Crippen LogP contribution in [0.2, 0.25) is 0 Å². The lowest BCUT2D eigenvalue weighted by molar-refractivity contribution is -0.138. The van der Waals surface area contributed by atoms with E-state index < -0.39 is 35.4 Å². The lowest BCUT2D eigenvalue weighted by Gasteiger charge is -2.17. The number of esters is 2. The van der Waals surface area contributed by atoms with Crippen LogP contribution in [0, 0.1) is 0 Å². The van der Waals surface area contributed by atoms with Crippen LogP contribution in [0.3, 0.4) is 0 Å². The number of alkyl halides is 6. The van der Waals surface area contributed by atoms with Crippen LogP contribution in [-0.4, -0.2) is 44.3 Å². The molecule has 0 N–H and O–H groups in total. The summed E-state index contributed by atoms with van der Waals surface area (Å²) >= 11 is 0. The normalized spacial score (nSPS) is 13.7. The van der Waals surface area contributed by atoms with Gasteiger partial charge in [-0.15, -0.1) is 0 Å². The first-order valence-corrected chi connectivity index (χ1v) is 14.2. The van der Waals surface area contributed by atoms with Crippen molar-refractivity contribution < 1.29 is 45.4 Å². The summed E-state index contributed by atoms with van der Waals surface area (Å²) in [5.74, 6) is -0.748. The van der Waals surface area contributed by atoms with Crippen LogP contribution in [0.1, 0.15) is 83.4 Å². The fraction of sp³-hybridized carbons (Fsp3) is 0.355. The number of nitrogens with zero attached hydrogens (tertiary/aromatic N) is 4. The number of para-hydroxylation sites is 2. The molecule has 14 heteroatoms. The summed E-state index contributed by atoms with van der Waals surface area (Å²) in [5.41, 5.74) is -1.65. The second kappa shape index (κ2) is 14.0. The van der Waals surface area contributed by atoms with Gasteiger partial charge >= 0.3 is 24.3 Å². The van der Waals surface area contributed by atoms with E-state index >= 15 is 0 Å². The van der Waals surface area contributed by atoms with Gasteiger partial charge in [-0.2, -0.15) is 26.3 Å². The van der Waals surface area contributed by atoms with Crippen molar-refractivity contribution >= 4 is 11.9 Å². The van der Waals surface area contributed by atoms with Crippen LogP contribution in [-0.2, 0) is 21.8 Å². The second-order valence-electron chi connectivity index (χ2n) is 9.97. The van der Waals surface area contributed by atoms with Crippen molar-refractivity contribution in [2.75, 3.05) is 13.2 Å². The molecule has 0 spiro atoms. The van der Waals surface area contributed by atoms with Gasteiger partial charge in [0, 0.05) is 18.3 Å². The predicted molar refractivity (Wildman–Crippen MR) is 150 cm³/mol. The number of halogens is 6. The summed E-state index contributed by atoms with van der Waals surface area (Å²) in [6, 6.07) is 10.4. The molecule has 45 heavy (non-hydrogen) atoms. The minimum absolute atomic E-state index is 0.0139. The Balaban J connectivity index is 0.000000210. The van der Waals surface area contributed by atoms with E-state index in [4.69, 9.17) is 9.47 Å². The van der Waals surface area contributed by atoms with Gasteiger partial charge in [0.1, 0.15) is 12.2 Å². The number of imidazole rings is 2. The maximum Gasteiger partial charge on any atom is 0.418 e. The standard InChI is InChI=1S/C18H19F3N2O2.C13H11F3N2O2/c1-2-25-17(24)14-11-23(16(22-14)12-7-3-4-8-12)15-10-6-5-9-13(15)18(19,20)21;1-2-20-12(19)10-7-18(8-17-10)11-6-4-3-5-9(11)13(14,15)16/h5-6,9-12H,2-4,7-8H2,1H3;3-8H,2H2,1H3. The fourth-order valence-corrected chi connectivity index (χ4v) is 4.99. The molecule has 2 heterocycles. The van der Waals surface area contributed by atoms with Gasteiger partial charge in [0.25, 0.3) is 0 Å². The molecule has 240 valence electrons. The second-order valence-corrected chi connectivity index (χ2v) is 9.97. The summed E-state index contributed by atoms with van der Waals surface area (Å²) in [7, 11) is 0. The van der Waals surface area contributed by atoms with Gasteiger partial charge in [-0.1, -0.05) is 37.1 Å². The van der Waals surface area contributed by atoms with Crippen LogP contribution in [0.25, 0.3) is 11.4 Å². The SMILES string of the molecule is CCOC(=O)c1cn(-c2ccccc2C(F)(F)F)c(C2CCCC2)n1.CCOC(=O)c1cn(-c2ccccc2C(F)(F)F)cn1. The molecule has 1 saturated carbocycles. The zero-order chi connectivity index (χ0) is 32.8. The first-order chi connectivity index (χ1) is 21.3. The van der Waals surface area contributed by atoms with Crippen LogP contribution >= 0.6 is 0 Å². The molecular formula is C31H30F6N4O4. The molecular weight excluding hydrogens is 606 g/mol. The number of ether oxygens (including phenoxy) is 2. The van der Waals surface area contributed by atoms with E-state index in [1.807, 2.05) is 0 Å². The lowest BCUT2D eigenvalue weighted by atomic mass is 10.1. The summed E-state index contributed by atoms with van der Waals surface area (Å²) in [6.07, 6.45) is -1.53. The molecule has 4 aromatic rings. The minimum Gasteiger partial charge on any atom is -0.461 e. The number of hydrogen-bond acceptors (Lipinski definition) is 6. The van der Waals surface area contributed by atoms with Crippen molar-refractivity contribution in [2.45, 2.75) is 57.8 Å². The summed E-state index contributed by atoms with van der Waals surface area (Å²) < 4.78 is 91.1. The highest BCUT2D eigenvalue weighted by Gasteiger charge is 2.36. The summed E-state index contributed by atoms with van der Waals surface area (Å²) in [6.45, 7) is 3.66. The Kier molecular flexibility index (Phi) is 10.3. The summed E-state index contributed by atoms with van der Waals surface area (Å²) in [5, 5.41) is 0. The lowest BCUT2D eigenvalue weighted by Crippen LogP contribution is -2.13. The maximum absolute atomic E-state index is 13.4. The topological polar surface area (TPSA) is 88.2 Å². The third-order valence-electron chi connectivity index (χ3n) is 6.96. The monoisotopic (exact) mass is 636 g/mol. The first-order valence-electron chi connectivity index (χ1n) is 14.2. The van der Waals surface area contributed by atoms with Gasteiger partial charge in [0.15, 0.2) is 11.4 Å². The minimum atomic E-state index is -4.49. The Labute approximate surface area is 254 Å². The molecule has 1 aliphatic rings. The van der Waals surface area contributed by atoms with Crippen LogP contribution in [0.4, 0.5) is 26.3 Å². The Morgan fingerprint density at radius 3 is 1.84 bits per heavy atom. The van der Waals surface area contributed by atoms with E-state index in [-0.39, 0.29) is 41.9 Å². The van der Waals surface area contributed by atoms with Crippen LogP contribution in [0.15, 0.2) is 67.3 Å². The molecule has 0 amide bonds. The zero-order valence-corrected chi connectivity index (χ0v) is 24.4. The molecule has 0 bridgehead atoms. The highest BCUT2D eigenvalue weighted by atomic mass is 19.4. The van der Waals surface area contributed by atoms with Gasteiger partial charge in [0.05, 0.1) is 35.7 Å². The van der Waals surface area contributed by atoms with Crippen molar-refractivity contribution in [1.82, 2.24) is 19.1 Å². The Morgan fingerprint density at radius 2 is 1.29 bits per heavy atom. The van der Waals surface area contributed by atoms with Crippen molar-refractivity contribution in [3.63, 3.8) is 0 Å². The average Bonchev–Trinajstić information content (AvgIpc) is 3.78. The molecule has 2 aromatic carbocycles. The molecule has 0 aliphatic heterocycles. The van der Waals surface area contributed by atoms with E-state index in [0.29, 0.717) is 5.82 Å². The smallest absolute Gasteiger partial charge is 0.418 e. The van der Waals surface area contributed by atoms with Crippen molar-refractivity contribution in [3.8, 4) is 11.4 Å². The fourth-order valence-electron chi connectivity index (χ4n) is 4.99. The van der Waals surface area contributed by atoms with Gasteiger partial charge in [0.2, 0.25) is 0 Å². The average molecular weight is 637 g/mol. The van der Waals surface area contributed by atoms with Gasteiger partial charge in [-0.3, -0.25) is 0 Å². The number of carbonyl (C=O) groups is 2. The van der Waals surface area contributed by atoms with Crippen LogP contribution in [0.5, 0.6) is 0 Å². The highest BCUT2D eigenvalue weighted by Crippen LogP contribution is 2.38. The molecule has 0 radical (unpaired) electrons. The predicted octanol–water partition coefficient (Wildman–Crippen LogP) is 7.79. The number of rotatable bonds is 7. The number of aromatic nitrogens is 4. The molecule has 0 saturated heterocycles. The quantitative estimate of drug-likeness (QED) is 0.152. The Hall–Kier alpha value is -4.62. The Morgan fingerprint density at radius 1 is 0.778 bits per heavy atom. The third kappa shape index (κ3) is 7.91. The van der Waals surface area contributed by atoms with Gasteiger partial charge in [-0.05, 0) is 51.0 Å². The van der Waals surface area contributed by atoms with E-state index in [2.05, 4.69) is 9.97 Å². The molecule has 0 unspecified atom stereocenters. The zero-order valence-electron chi connectivity index (χ0n) is 24.4. The van der Waals surface area contributed by atoms with Crippen molar-refractivity contribution in [3.05, 3.63) is 95.6 Å². The number of hydrogen-bond donors (Lipinski definition) is 0. The van der Waals surface area contributed by atoms with Gasteiger partial charge < -0.3 is 18.6 Å². The largest absolute Gasteiger partial charge is 0.461 e. The van der Waals surface area contributed by atoms with E-state index in [9.17, 15) is 35.9 Å². The molecule has 5 rings (SSSR count). The molecule has 8 nitrogen and oxygen atoms in total. The molecule has 1 aliphatic carbocycles. The number of benzene rings is 2. The molecule has 1 fully saturated rings. The first kappa shape index (κ1) is 33.3. The van der Waals surface area contributed by atoms with E-state index in [1.165, 1.54) is 47.3 Å². The third-order valence-corrected chi connectivity index (χ3v) is 6.96. The van der Waals surface area contributed by atoms with Gasteiger partial charge in [-0.25, -0.2) is 19.6 Å². The van der Waals surface area contributed by atoms with Crippen molar-refractivity contribution in [1.29, 1.82) is 0 Å². The number of carbonyl (C=O) groups excluding carboxylic acids is 2. The maximum atomic E-state index is 13.4. The highest BCUT2D eigenvalue weighted by molar-refractivity contribution is 5.87. The Bertz CT molecular complexity index is 1620. The van der Waals surface area contributed by atoms with E-state index in [1.54, 1.807) is 19.9 Å². The molecule has 0 atom stereocenters. The summed E-state index contributed by atoms with van der Waals surface area (Å²) in [4.78, 5) is 31.6. The van der Waals surface area contributed by atoms with E-state index in [0.717, 1.165) is 48.7 Å². The van der Waals surface area contributed by atoms with Crippen molar-refractivity contribution in [2.24, 2.45) is 0 Å².